The minimum absolute atomic E-state index is 0.0893. The number of alkyl halides is 5. The van der Waals surface area contributed by atoms with Crippen LogP contribution in [-0.2, 0) is 12.0 Å². The topological polar surface area (TPSA) is 79.5 Å². The zero-order valence-electron chi connectivity index (χ0n) is 21.8. The molecule has 39 heavy (non-hydrogen) atoms. The fourth-order valence-corrected chi connectivity index (χ4v) is 4.30. The van der Waals surface area contributed by atoms with Crippen LogP contribution in [0.15, 0.2) is 30.6 Å². The molecule has 0 unspecified atom stereocenters. The number of nitrogens with one attached hydrogen (secondary N) is 2. The summed E-state index contributed by atoms with van der Waals surface area (Å²) in [6.45, 7) is 3.35. The van der Waals surface area contributed by atoms with E-state index in [9.17, 15) is 26.7 Å². The van der Waals surface area contributed by atoms with E-state index in [1.807, 2.05) is 11.9 Å². The van der Waals surface area contributed by atoms with Crippen LogP contribution in [0.1, 0.15) is 41.9 Å². The van der Waals surface area contributed by atoms with Gasteiger partial charge in [0.25, 0.3) is 5.91 Å². The van der Waals surface area contributed by atoms with Crippen molar-refractivity contribution >= 4 is 17.2 Å². The van der Waals surface area contributed by atoms with Gasteiger partial charge in [0, 0.05) is 24.8 Å². The molecule has 1 saturated heterocycles. The van der Waals surface area contributed by atoms with Crippen molar-refractivity contribution < 1.29 is 26.7 Å². The van der Waals surface area contributed by atoms with E-state index in [4.69, 9.17) is 0 Å². The molecule has 0 aliphatic carbocycles. The number of rotatable bonds is 7. The highest BCUT2D eigenvalue weighted by atomic mass is 19.4. The van der Waals surface area contributed by atoms with Gasteiger partial charge >= 0.3 is 6.18 Å². The molecular weight excluding hydrogens is 521 g/mol. The first-order valence-corrected chi connectivity index (χ1v) is 12.4. The van der Waals surface area contributed by atoms with E-state index in [1.54, 1.807) is 26.0 Å². The minimum Gasteiger partial charge on any atom is -0.364 e. The number of nitrogens with zero attached hydrogens (tertiary/aromatic N) is 5. The van der Waals surface area contributed by atoms with Gasteiger partial charge in [-0.3, -0.25) is 9.48 Å². The number of piperidine rings is 1. The van der Waals surface area contributed by atoms with Crippen molar-refractivity contribution in [3.63, 3.8) is 0 Å². The number of carbonyl (C=O) groups excluding carboxylic acids is 1. The van der Waals surface area contributed by atoms with Gasteiger partial charge in [-0.1, -0.05) is 12.0 Å². The van der Waals surface area contributed by atoms with E-state index >= 15 is 0 Å². The molecule has 3 aromatic rings. The molecule has 0 saturated carbocycles. The van der Waals surface area contributed by atoms with E-state index in [-0.39, 0.29) is 35.4 Å². The Labute approximate surface area is 222 Å². The number of likely N-dealkylation sites (tertiary alicyclic amines) is 1. The molecule has 0 bridgehead atoms. The van der Waals surface area contributed by atoms with Gasteiger partial charge in [0.15, 0.2) is 0 Å². The van der Waals surface area contributed by atoms with Crippen LogP contribution in [0.2, 0.25) is 0 Å². The largest absolute Gasteiger partial charge is 0.393 e. The lowest BCUT2D eigenvalue weighted by Crippen LogP contribution is -2.46. The van der Waals surface area contributed by atoms with Gasteiger partial charge < -0.3 is 15.5 Å². The third-order valence-electron chi connectivity index (χ3n) is 6.55. The number of hydrogen-bond acceptors (Lipinski definition) is 5. The van der Waals surface area contributed by atoms with Crippen LogP contribution in [0.25, 0.3) is 5.52 Å². The zero-order chi connectivity index (χ0) is 28.4. The van der Waals surface area contributed by atoms with Crippen molar-refractivity contribution in [2.75, 3.05) is 38.7 Å². The van der Waals surface area contributed by atoms with Crippen LogP contribution in [0, 0.1) is 11.8 Å². The second kappa shape index (κ2) is 11.2. The Morgan fingerprint density at radius 3 is 2.72 bits per heavy atom. The fraction of sp³-hybridized carbons (Fsp3) is 0.500. The maximum absolute atomic E-state index is 14.6. The highest BCUT2D eigenvalue weighted by molar-refractivity contribution is 5.93. The minimum atomic E-state index is -4.51. The lowest BCUT2D eigenvalue weighted by atomic mass is 10.0. The number of amides is 1. The van der Waals surface area contributed by atoms with Crippen LogP contribution in [0.5, 0.6) is 0 Å². The summed E-state index contributed by atoms with van der Waals surface area (Å²) in [6, 6.07) is 4.21. The third-order valence-corrected chi connectivity index (χ3v) is 6.55. The summed E-state index contributed by atoms with van der Waals surface area (Å²) < 4.78 is 70.8. The predicted molar refractivity (Wildman–Crippen MR) is 136 cm³/mol. The molecule has 0 aromatic carbocycles. The standard InChI is InChI=1S/C26H30F5N7O/c1-25(2,16-27)37-14-17(13-33-37)24(39)32-10-5-6-20-18(12-26(29,30)31)22-7-4-8-23(38(22)35-20)34-21-9-11-36(3)15-19(21)28/h4,7-8,13-14,19,21,34H,9-12,15-16H2,1-3H3,(H,32,39)/t19-,21+/m0/s1. The number of hydrogen-bond donors (Lipinski definition) is 2. The fourth-order valence-electron chi connectivity index (χ4n) is 4.30. The van der Waals surface area contributed by atoms with Gasteiger partial charge in [-0.25, -0.2) is 13.3 Å². The van der Waals surface area contributed by atoms with E-state index in [2.05, 4.69) is 32.7 Å². The normalized spacial score (nSPS) is 18.6. The van der Waals surface area contributed by atoms with Crippen molar-refractivity contribution in [2.45, 2.75) is 50.6 Å². The van der Waals surface area contributed by atoms with Gasteiger partial charge in [-0.15, -0.1) is 0 Å². The summed E-state index contributed by atoms with van der Waals surface area (Å²) in [4.78, 5) is 14.3. The van der Waals surface area contributed by atoms with Gasteiger partial charge in [0.05, 0.1) is 41.8 Å². The Morgan fingerprint density at radius 1 is 1.26 bits per heavy atom. The molecule has 1 fully saturated rings. The van der Waals surface area contributed by atoms with E-state index < -0.39 is 42.9 Å². The summed E-state index contributed by atoms with van der Waals surface area (Å²) >= 11 is 0. The second-order valence-electron chi connectivity index (χ2n) is 10.2. The van der Waals surface area contributed by atoms with Gasteiger partial charge in [-0.05, 0) is 45.4 Å². The van der Waals surface area contributed by atoms with Gasteiger partial charge in [0.1, 0.15) is 24.4 Å². The first kappa shape index (κ1) is 28.4. The Bertz CT molecular complexity index is 1380. The molecule has 210 valence electrons. The smallest absolute Gasteiger partial charge is 0.364 e. The summed E-state index contributed by atoms with van der Waals surface area (Å²) in [5, 5.41) is 14.0. The van der Waals surface area contributed by atoms with E-state index in [0.29, 0.717) is 18.8 Å². The lowest BCUT2D eigenvalue weighted by molar-refractivity contribution is -0.127. The summed E-state index contributed by atoms with van der Waals surface area (Å²) in [6.07, 6.45) is -3.68. The first-order chi connectivity index (χ1) is 18.4. The van der Waals surface area contributed by atoms with Crippen LogP contribution in [-0.4, -0.2) is 81.9 Å². The molecule has 3 aromatic heterocycles. The van der Waals surface area contributed by atoms with E-state index in [0.717, 1.165) is 0 Å². The Balaban J connectivity index is 1.54. The van der Waals surface area contributed by atoms with Crippen LogP contribution < -0.4 is 10.6 Å². The maximum atomic E-state index is 14.6. The van der Waals surface area contributed by atoms with Crippen molar-refractivity contribution in [3.8, 4) is 11.8 Å². The van der Waals surface area contributed by atoms with Crippen molar-refractivity contribution in [1.29, 1.82) is 0 Å². The maximum Gasteiger partial charge on any atom is 0.393 e. The molecule has 1 amide bonds. The third kappa shape index (κ3) is 6.68. The van der Waals surface area contributed by atoms with Crippen molar-refractivity contribution in [3.05, 3.63) is 47.4 Å². The highest BCUT2D eigenvalue weighted by Gasteiger charge is 2.32. The molecule has 1 aliphatic heterocycles. The molecule has 13 heteroatoms. The predicted octanol–water partition coefficient (Wildman–Crippen LogP) is 3.58. The Kier molecular flexibility index (Phi) is 8.15. The average molecular weight is 552 g/mol. The van der Waals surface area contributed by atoms with Crippen LogP contribution in [0.3, 0.4) is 0 Å². The number of pyridine rings is 1. The Hall–Kier alpha value is -3.66. The quantitative estimate of drug-likeness (QED) is 0.347. The molecule has 4 rings (SSSR count). The van der Waals surface area contributed by atoms with Crippen LogP contribution >= 0.6 is 0 Å². The molecule has 1 aliphatic rings. The molecular formula is C26H30F5N7O. The molecule has 0 spiro atoms. The number of anilines is 1. The number of halogens is 5. The van der Waals surface area contributed by atoms with E-state index in [1.165, 1.54) is 27.7 Å². The zero-order valence-corrected chi connectivity index (χ0v) is 21.8. The summed E-state index contributed by atoms with van der Waals surface area (Å²) in [5.74, 6) is 5.14. The lowest BCUT2D eigenvalue weighted by Gasteiger charge is -2.33. The first-order valence-electron chi connectivity index (χ1n) is 12.4. The summed E-state index contributed by atoms with van der Waals surface area (Å²) in [5.41, 5.74) is -0.715. The average Bonchev–Trinajstić information content (AvgIpc) is 3.50. The number of fused-ring (bicyclic) bond motifs is 1. The van der Waals surface area contributed by atoms with Gasteiger partial charge in [0.2, 0.25) is 0 Å². The number of carbonyl (C=O) groups is 1. The Morgan fingerprint density at radius 2 is 2.03 bits per heavy atom. The molecule has 0 radical (unpaired) electrons. The number of aromatic nitrogens is 4. The second-order valence-corrected chi connectivity index (χ2v) is 10.2. The SMILES string of the molecule is CN1CC[C@@H](Nc2cccc3c(CC(F)(F)F)c(C#CCNC(=O)c4cnn(C(C)(C)CF)c4)nn23)[C@@H](F)C1. The monoisotopic (exact) mass is 551 g/mol. The van der Waals surface area contributed by atoms with Crippen molar-refractivity contribution in [1.82, 2.24) is 29.6 Å². The molecule has 4 heterocycles. The highest BCUT2D eigenvalue weighted by Crippen LogP contribution is 2.28. The molecule has 2 atom stereocenters. The van der Waals surface area contributed by atoms with Crippen molar-refractivity contribution in [2.24, 2.45) is 0 Å². The van der Waals surface area contributed by atoms with Crippen LogP contribution in [0.4, 0.5) is 27.8 Å². The summed E-state index contributed by atoms with van der Waals surface area (Å²) in [7, 11) is 1.83. The molecule has 2 N–H and O–H groups in total. The molecule has 8 nitrogen and oxygen atoms in total. The van der Waals surface area contributed by atoms with Gasteiger partial charge in [-0.2, -0.15) is 23.4 Å².